The highest BCUT2D eigenvalue weighted by Gasteiger charge is 2.41. The van der Waals surface area contributed by atoms with Crippen molar-refractivity contribution in [3.8, 4) is 0 Å². The first-order chi connectivity index (χ1) is 12.0. The van der Waals surface area contributed by atoms with Gasteiger partial charge in [-0.05, 0) is 38.5 Å². The molecule has 0 aromatic carbocycles. The Labute approximate surface area is 172 Å². The van der Waals surface area contributed by atoms with Crippen LogP contribution in [0.2, 0.25) is 0 Å². The maximum Gasteiger partial charge on any atom is 0.391 e. The maximum atomic E-state index is 12.7. The molecule has 4 nitrogen and oxygen atoms in total. The molecule has 0 bridgehead atoms. The molecule has 26 heavy (non-hydrogen) atoms. The van der Waals surface area contributed by atoms with E-state index < -0.39 is 12.1 Å². The fraction of sp³-hybridized carbons (Fsp3) is 0.944. The zero-order valence-corrected chi connectivity index (χ0v) is 17.9. The van der Waals surface area contributed by atoms with Gasteiger partial charge in [-0.25, -0.2) is 0 Å². The van der Waals surface area contributed by atoms with Crippen LogP contribution in [0.5, 0.6) is 0 Å². The van der Waals surface area contributed by atoms with Gasteiger partial charge in [-0.3, -0.25) is 4.99 Å². The standard InChI is InChI=1S/C18H32F3N3O.HI/c1-22-17(23-12-13-25-16-6-4-2-3-5-7-16)24-15-10-8-14(9-11-15)18(19,20)21;/h14-16H,2-13H2,1H3,(H2,22,23,24);1H. The average Bonchev–Trinajstić information content (AvgIpc) is 2.86. The van der Waals surface area contributed by atoms with E-state index in [0.29, 0.717) is 38.1 Å². The molecule has 0 saturated heterocycles. The lowest BCUT2D eigenvalue weighted by atomic mass is 9.85. The molecular formula is C18H33F3IN3O. The zero-order chi connectivity index (χ0) is 18.1. The van der Waals surface area contributed by atoms with Gasteiger partial charge in [0.1, 0.15) is 0 Å². The van der Waals surface area contributed by atoms with E-state index in [1.165, 1.54) is 25.7 Å². The molecule has 0 aromatic heterocycles. The lowest BCUT2D eigenvalue weighted by Crippen LogP contribution is -2.46. The van der Waals surface area contributed by atoms with Gasteiger partial charge >= 0.3 is 6.18 Å². The zero-order valence-electron chi connectivity index (χ0n) is 15.6. The van der Waals surface area contributed by atoms with Crippen molar-refractivity contribution in [3.05, 3.63) is 0 Å². The van der Waals surface area contributed by atoms with Gasteiger partial charge < -0.3 is 15.4 Å². The number of nitrogens with one attached hydrogen (secondary N) is 2. The molecule has 0 amide bonds. The molecule has 0 aromatic rings. The van der Waals surface area contributed by atoms with Crippen LogP contribution in [0.4, 0.5) is 13.2 Å². The van der Waals surface area contributed by atoms with E-state index in [0.717, 1.165) is 12.8 Å². The Balaban J connectivity index is 0.00000338. The van der Waals surface area contributed by atoms with Crippen LogP contribution in [-0.2, 0) is 4.74 Å². The molecule has 2 rings (SSSR count). The van der Waals surface area contributed by atoms with Crippen molar-refractivity contribution < 1.29 is 17.9 Å². The van der Waals surface area contributed by atoms with E-state index >= 15 is 0 Å². The number of hydrogen-bond acceptors (Lipinski definition) is 2. The van der Waals surface area contributed by atoms with Crippen molar-refractivity contribution in [2.75, 3.05) is 20.2 Å². The van der Waals surface area contributed by atoms with Crippen LogP contribution in [0.3, 0.4) is 0 Å². The average molecular weight is 491 g/mol. The second-order valence-corrected chi connectivity index (χ2v) is 7.22. The molecule has 0 unspecified atom stereocenters. The van der Waals surface area contributed by atoms with Crippen LogP contribution in [0, 0.1) is 5.92 Å². The van der Waals surface area contributed by atoms with Crippen molar-refractivity contribution in [2.24, 2.45) is 10.9 Å². The minimum absolute atomic E-state index is 0. The SMILES string of the molecule is CN=C(NCCOC1CCCCCC1)NC1CCC(C(F)(F)F)CC1.I. The number of aliphatic imine (C=N–C) groups is 1. The molecular weight excluding hydrogens is 458 g/mol. The number of alkyl halides is 3. The Hall–Kier alpha value is -0.250. The second-order valence-electron chi connectivity index (χ2n) is 7.22. The Morgan fingerprint density at radius 1 is 1.00 bits per heavy atom. The van der Waals surface area contributed by atoms with Crippen molar-refractivity contribution in [3.63, 3.8) is 0 Å². The molecule has 0 heterocycles. The fourth-order valence-corrected chi connectivity index (χ4v) is 3.76. The number of hydrogen-bond donors (Lipinski definition) is 2. The Morgan fingerprint density at radius 2 is 1.62 bits per heavy atom. The summed E-state index contributed by atoms with van der Waals surface area (Å²) in [6.45, 7) is 1.29. The smallest absolute Gasteiger partial charge is 0.376 e. The van der Waals surface area contributed by atoms with Gasteiger partial charge in [0.2, 0.25) is 0 Å². The summed E-state index contributed by atoms with van der Waals surface area (Å²) in [5, 5.41) is 6.45. The van der Waals surface area contributed by atoms with E-state index in [9.17, 15) is 13.2 Å². The minimum Gasteiger partial charge on any atom is -0.376 e. The third-order valence-electron chi connectivity index (χ3n) is 5.30. The highest BCUT2D eigenvalue weighted by Crippen LogP contribution is 2.37. The number of nitrogens with zero attached hydrogens (tertiary/aromatic N) is 1. The van der Waals surface area contributed by atoms with Crippen LogP contribution in [-0.4, -0.2) is 44.5 Å². The molecule has 0 aliphatic heterocycles. The second kappa shape index (κ2) is 12.3. The third kappa shape index (κ3) is 8.63. The summed E-state index contributed by atoms with van der Waals surface area (Å²) in [5.41, 5.74) is 0. The predicted octanol–water partition coefficient (Wildman–Crippen LogP) is 4.63. The van der Waals surface area contributed by atoms with E-state index in [1.54, 1.807) is 7.05 Å². The van der Waals surface area contributed by atoms with Gasteiger partial charge in [0.15, 0.2) is 5.96 Å². The number of ether oxygens (including phenoxy) is 1. The van der Waals surface area contributed by atoms with Crippen molar-refractivity contribution >= 4 is 29.9 Å². The molecule has 2 aliphatic rings. The van der Waals surface area contributed by atoms with E-state index in [2.05, 4.69) is 15.6 Å². The van der Waals surface area contributed by atoms with Gasteiger partial charge in [0, 0.05) is 19.6 Å². The number of halogens is 4. The summed E-state index contributed by atoms with van der Waals surface area (Å²) in [7, 11) is 1.68. The lowest BCUT2D eigenvalue weighted by Gasteiger charge is -2.31. The summed E-state index contributed by atoms with van der Waals surface area (Å²) in [5.74, 6) is -0.492. The first-order valence-electron chi connectivity index (χ1n) is 9.64. The highest BCUT2D eigenvalue weighted by molar-refractivity contribution is 14.0. The molecule has 2 N–H and O–H groups in total. The Bertz CT molecular complexity index is 405. The van der Waals surface area contributed by atoms with Gasteiger partial charge in [-0.2, -0.15) is 13.2 Å². The quantitative estimate of drug-likeness (QED) is 0.194. The molecule has 2 aliphatic carbocycles. The van der Waals surface area contributed by atoms with Crippen molar-refractivity contribution in [2.45, 2.75) is 82.5 Å². The summed E-state index contributed by atoms with van der Waals surface area (Å²) in [6, 6.07) is 0.0626. The third-order valence-corrected chi connectivity index (χ3v) is 5.30. The topological polar surface area (TPSA) is 45.7 Å². The first kappa shape index (κ1) is 23.8. The molecule has 8 heteroatoms. The molecule has 0 atom stereocenters. The van der Waals surface area contributed by atoms with Gasteiger partial charge in [0.25, 0.3) is 0 Å². The highest BCUT2D eigenvalue weighted by atomic mass is 127. The summed E-state index contributed by atoms with van der Waals surface area (Å²) < 4.78 is 44.1. The summed E-state index contributed by atoms with van der Waals surface area (Å²) in [4.78, 5) is 4.17. The van der Waals surface area contributed by atoms with E-state index in [-0.39, 0.29) is 42.9 Å². The van der Waals surface area contributed by atoms with E-state index in [4.69, 9.17) is 4.74 Å². The summed E-state index contributed by atoms with van der Waals surface area (Å²) in [6.07, 6.45) is 5.20. The fourth-order valence-electron chi connectivity index (χ4n) is 3.76. The normalized spacial score (nSPS) is 25.9. The molecule has 0 spiro atoms. The Morgan fingerprint density at radius 3 is 2.15 bits per heavy atom. The van der Waals surface area contributed by atoms with Gasteiger partial charge in [-0.15, -0.1) is 24.0 Å². The van der Waals surface area contributed by atoms with Crippen LogP contribution in [0.25, 0.3) is 0 Å². The largest absolute Gasteiger partial charge is 0.391 e. The van der Waals surface area contributed by atoms with Crippen LogP contribution in [0.15, 0.2) is 4.99 Å². The minimum atomic E-state index is -4.06. The first-order valence-corrected chi connectivity index (χ1v) is 9.64. The summed E-state index contributed by atoms with van der Waals surface area (Å²) >= 11 is 0. The molecule has 2 saturated carbocycles. The van der Waals surface area contributed by atoms with Gasteiger partial charge in [0.05, 0.1) is 18.6 Å². The van der Waals surface area contributed by atoms with Crippen LogP contribution >= 0.6 is 24.0 Å². The van der Waals surface area contributed by atoms with Crippen LogP contribution < -0.4 is 10.6 Å². The number of guanidine groups is 1. The molecule has 2 fully saturated rings. The molecule has 154 valence electrons. The number of rotatable bonds is 5. The van der Waals surface area contributed by atoms with Gasteiger partial charge in [-0.1, -0.05) is 25.7 Å². The monoisotopic (exact) mass is 491 g/mol. The lowest BCUT2D eigenvalue weighted by molar-refractivity contribution is -0.182. The van der Waals surface area contributed by atoms with E-state index in [1.807, 2.05) is 0 Å². The molecule has 0 radical (unpaired) electrons. The Kier molecular flexibility index (Phi) is 11.2. The van der Waals surface area contributed by atoms with Crippen LogP contribution in [0.1, 0.15) is 64.2 Å². The van der Waals surface area contributed by atoms with Crippen molar-refractivity contribution in [1.29, 1.82) is 0 Å². The maximum absolute atomic E-state index is 12.7. The van der Waals surface area contributed by atoms with Crippen molar-refractivity contribution in [1.82, 2.24) is 10.6 Å². The predicted molar refractivity (Wildman–Crippen MR) is 109 cm³/mol.